The maximum atomic E-state index is 6.50. The number of ether oxygens (including phenoxy) is 1. The van der Waals surface area contributed by atoms with Gasteiger partial charge in [0.25, 0.3) is 0 Å². The minimum atomic E-state index is 0.844. The molecular formula is C5H11NO. The summed E-state index contributed by atoms with van der Waals surface area (Å²) in [5.41, 5.74) is 0. The molecule has 0 rings (SSSR count). The third-order valence-electron chi connectivity index (χ3n) is 0.408. The van der Waals surface area contributed by atoms with E-state index in [4.69, 9.17) is 10.00 Å². The van der Waals surface area contributed by atoms with E-state index in [0.29, 0.717) is 0 Å². The molecule has 0 aromatic heterocycles. The van der Waals surface area contributed by atoms with Gasteiger partial charge in [-0.1, -0.05) is 0 Å². The van der Waals surface area contributed by atoms with Gasteiger partial charge in [-0.15, -0.1) is 0 Å². The maximum absolute atomic E-state index is 6.50. The van der Waals surface area contributed by atoms with Crippen molar-refractivity contribution in [2.75, 3.05) is 13.2 Å². The standard InChI is InChI=1S/C4H10O.CHN/c1-3-5-4-2;1-2/h3-4H2,1-2H3;1H. The fourth-order valence-electron chi connectivity index (χ4n) is 0.204. The fraction of sp³-hybridized carbons (Fsp3) is 0.800. The van der Waals surface area contributed by atoms with Crippen LogP contribution in [0.5, 0.6) is 0 Å². The van der Waals surface area contributed by atoms with Crippen LogP contribution in [0.3, 0.4) is 0 Å². The van der Waals surface area contributed by atoms with Crippen molar-refractivity contribution in [1.82, 2.24) is 0 Å². The Kier molecular flexibility index (Phi) is 24.8. The van der Waals surface area contributed by atoms with Crippen LogP contribution >= 0.6 is 0 Å². The highest BCUT2D eigenvalue weighted by Crippen LogP contribution is 1.64. The van der Waals surface area contributed by atoms with Crippen LogP contribution in [0.15, 0.2) is 0 Å². The van der Waals surface area contributed by atoms with E-state index < -0.39 is 0 Å². The Hall–Kier alpha value is -0.550. The molecule has 7 heavy (non-hydrogen) atoms. The summed E-state index contributed by atoms with van der Waals surface area (Å²) in [5, 5.41) is 6.50. The van der Waals surface area contributed by atoms with Crippen molar-refractivity contribution in [1.29, 1.82) is 5.26 Å². The SMILES string of the molecule is C#N.CCOCC. The van der Waals surface area contributed by atoms with E-state index in [1.165, 1.54) is 0 Å². The van der Waals surface area contributed by atoms with Gasteiger partial charge >= 0.3 is 0 Å². The first-order valence-electron chi connectivity index (χ1n) is 2.25. The summed E-state index contributed by atoms with van der Waals surface area (Å²) in [6.45, 7) is 9.17. The van der Waals surface area contributed by atoms with Crippen molar-refractivity contribution in [2.24, 2.45) is 0 Å². The van der Waals surface area contributed by atoms with Gasteiger partial charge in [0.05, 0.1) is 0 Å². The molecule has 0 unspecified atom stereocenters. The van der Waals surface area contributed by atoms with Crippen LogP contribution in [0.2, 0.25) is 0 Å². The van der Waals surface area contributed by atoms with E-state index in [2.05, 4.69) is 6.57 Å². The van der Waals surface area contributed by atoms with Crippen LogP contribution in [-0.2, 0) is 4.74 Å². The number of nitriles is 1. The molecule has 42 valence electrons. The van der Waals surface area contributed by atoms with Crippen LogP contribution in [-0.4, -0.2) is 13.2 Å². The Morgan fingerprint density at radius 2 is 1.57 bits per heavy atom. The molecule has 0 radical (unpaired) electrons. The Morgan fingerprint density at radius 1 is 1.29 bits per heavy atom. The van der Waals surface area contributed by atoms with Gasteiger partial charge in [0.15, 0.2) is 0 Å². The average Bonchev–Trinajstić information content (AvgIpc) is 1.75. The molecule has 2 heteroatoms. The summed E-state index contributed by atoms with van der Waals surface area (Å²) in [7, 11) is 0. The molecular weight excluding hydrogens is 90.1 g/mol. The smallest absolute Gasteiger partial charge is 0.0462 e. The third-order valence-corrected chi connectivity index (χ3v) is 0.408. The number of hydrogen-bond acceptors (Lipinski definition) is 2. The predicted octanol–water partition coefficient (Wildman–Crippen LogP) is 1.18. The monoisotopic (exact) mass is 101 g/mol. The lowest BCUT2D eigenvalue weighted by Crippen LogP contribution is -1.84. The minimum absolute atomic E-state index is 0.844. The molecule has 0 aliphatic heterocycles. The normalized spacial score (nSPS) is 6.29. The van der Waals surface area contributed by atoms with Crippen LogP contribution in [0, 0.1) is 11.8 Å². The van der Waals surface area contributed by atoms with Gasteiger partial charge in [0.1, 0.15) is 0 Å². The van der Waals surface area contributed by atoms with Gasteiger partial charge in [-0.3, -0.25) is 0 Å². The molecule has 0 atom stereocenters. The summed E-state index contributed by atoms with van der Waals surface area (Å²) in [6.07, 6.45) is 0. The lowest BCUT2D eigenvalue weighted by Gasteiger charge is -1.86. The van der Waals surface area contributed by atoms with Crippen LogP contribution in [0.25, 0.3) is 0 Å². The Bertz CT molecular complexity index is 32.3. The second-order valence-corrected chi connectivity index (χ2v) is 0.781. The van der Waals surface area contributed by atoms with Crippen LogP contribution < -0.4 is 0 Å². The lowest BCUT2D eigenvalue weighted by atomic mass is 10.8. The van der Waals surface area contributed by atoms with E-state index in [1.807, 2.05) is 13.8 Å². The zero-order valence-corrected chi connectivity index (χ0v) is 4.85. The second kappa shape index (κ2) is 18.0. The van der Waals surface area contributed by atoms with E-state index >= 15 is 0 Å². The van der Waals surface area contributed by atoms with E-state index in [9.17, 15) is 0 Å². The first-order chi connectivity index (χ1) is 3.41. The first-order valence-corrected chi connectivity index (χ1v) is 2.25. The van der Waals surface area contributed by atoms with Gasteiger partial charge in [0, 0.05) is 19.8 Å². The summed E-state index contributed by atoms with van der Waals surface area (Å²) in [4.78, 5) is 0. The molecule has 0 saturated carbocycles. The molecule has 0 saturated heterocycles. The number of hydrogen-bond donors (Lipinski definition) is 0. The highest BCUT2D eigenvalue weighted by Gasteiger charge is 1.64. The molecule has 2 nitrogen and oxygen atoms in total. The van der Waals surface area contributed by atoms with E-state index in [1.54, 1.807) is 0 Å². The molecule has 0 aliphatic rings. The minimum Gasteiger partial charge on any atom is -0.382 e. The molecule has 0 N–H and O–H groups in total. The van der Waals surface area contributed by atoms with Crippen molar-refractivity contribution >= 4 is 0 Å². The van der Waals surface area contributed by atoms with E-state index in [-0.39, 0.29) is 0 Å². The van der Waals surface area contributed by atoms with Gasteiger partial charge in [0.2, 0.25) is 0 Å². The van der Waals surface area contributed by atoms with Crippen LogP contribution in [0.1, 0.15) is 13.8 Å². The van der Waals surface area contributed by atoms with E-state index in [0.717, 1.165) is 13.2 Å². The molecule has 0 heterocycles. The third kappa shape index (κ3) is 30.9. The highest BCUT2D eigenvalue weighted by molar-refractivity contribution is 4.07. The van der Waals surface area contributed by atoms with Crippen LogP contribution in [0.4, 0.5) is 0 Å². The van der Waals surface area contributed by atoms with Gasteiger partial charge in [-0.2, -0.15) is 0 Å². The average molecular weight is 101 g/mol. The molecule has 0 spiro atoms. The molecule has 0 amide bonds. The number of nitrogens with zero attached hydrogens (tertiary/aromatic N) is 1. The topological polar surface area (TPSA) is 33.0 Å². The lowest BCUT2D eigenvalue weighted by molar-refractivity contribution is 0.162. The summed E-state index contributed by atoms with van der Waals surface area (Å²) in [6, 6.07) is 0. The fourth-order valence-corrected chi connectivity index (χ4v) is 0.204. The summed E-state index contributed by atoms with van der Waals surface area (Å²) in [5.74, 6) is 0. The largest absolute Gasteiger partial charge is 0.382 e. The molecule has 0 aromatic rings. The zero-order chi connectivity index (χ0) is 6.12. The zero-order valence-electron chi connectivity index (χ0n) is 4.85. The Morgan fingerprint density at radius 3 is 1.57 bits per heavy atom. The van der Waals surface area contributed by atoms with Crippen molar-refractivity contribution < 1.29 is 4.74 Å². The van der Waals surface area contributed by atoms with Gasteiger partial charge in [-0.25, -0.2) is 5.26 Å². The summed E-state index contributed by atoms with van der Waals surface area (Å²) >= 11 is 0. The van der Waals surface area contributed by atoms with Crippen molar-refractivity contribution in [3.63, 3.8) is 0 Å². The maximum Gasteiger partial charge on any atom is 0.0462 e. The highest BCUT2D eigenvalue weighted by atomic mass is 16.5. The summed E-state index contributed by atoms with van der Waals surface area (Å²) < 4.78 is 4.83. The predicted molar refractivity (Wildman–Crippen MR) is 28.8 cm³/mol. The molecule has 0 aromatic carbocycles. The van der Waals surface area contributed by atoms with Gasteiger partial charge < -0.3 is 4.74 Å². The van der Waals surface area contributed by atoms with Crippen molar-refractivity contribution in [2.45, 2.75) is 13.8 Å². The number of rotatable bonds is 2. The molecule has 0 fully saturated rings. The molecule has 0 bridgehead atoms. The Labute approximate surface area is 44.7 Å². The van der Waals surface area contributed by atoms with Gasteiger partial charge in [-0.05, 0) is 13.8 Å². The Balaban J connectivity index is 0. The first kappa shape index (κ1) is 9.67. The molecule has 0 aliphatic carbocycles. The van der Waals surface area contributed by atoms with Crippen molar-refractivity contribution in [3.8, 4) is 6.57 Å². The van der Waals surface area contributed by atoms with Crippen molar-refractivity contribution in [3.05, 3.63) is 0 Å². The quantitative estimate of drug-likeness (QED) is 0.523. The second-order valence-electron chi connectivity index (χ2n) is 0.781.